The summed E-state index contributed by atoms with van der Waals surface area (Å²) in [4.78, 5) is 39.0. The molecule has 20 heavy (non-hydrogen) atoms. The number of carbonyl (C=O) groups excluding carboxylic acids is 3. The minimum Gasteiger partial charge on any atom is -0.340 e. The van der Waals surface area contributed by atoms with E-state index in [-0.39, 0.29) is 18.5 Å². The van der Waals surface area contributed by atoms with Crippen LogP contribution < -0.4 is 5.73 Å². The number of nitrogens with zero attached hydrogens (tertiary/aromatic N) is 2. The number of likely N-dealkylation sites (tertiary alicyclic amines) is 1. The van der Waals surface area contributed by atoms with Crippen molar-refractivity contribution in [3.05, 3.63) is 35.4 Å². The van der Waals surface area contributed by atoms with E-state index in [1.807, 2.05) is 0 Å². The fraction of sp³-hybridized carbons (Fsp3) is 0.357. The van der Waals surface area contributed by atoms with E-state index in [4.69, 9.17) is 5.73 Å². The molecule has 104 valence electrons. The maximum Gasteiger partial charge on any atom is 0.262 e. The molecule has 0 bridgehead atoms. The van der Waals surface area contributed by atoms with Crippen molar-refractivity contribution in [2.45, 2.75) is 12.5 Å². The first-order chi connectivity index (χ1) is 9.58. The molecule has 0 unspecified atom stereocenters. The molecule has 0 radical (unpaired) electrons. The number of amides is 3. The summed E-state index contributed by atoms with van der Waals surface area (Å²) < 4.78 is 0. The summed E-state index contributed by atoms with van der Waals surface area (Å²) in [6, 6.07) is 6.60. The third-order valence-electron chi connectivity index (χ3n) is 3.75. The molecule has 1 saturated heterocycles. The highest BCUT2D eigenvalue weighted by atomic mass is 16.2. The third-order valence-corrected chi connectivity index (χ3v) is 3.75. The van der Waals surface area contributed by atoms with Crippen molar-refractivity contribution in [3.8, 4) is 0 Å². The second kappa shape index (κ2) is 4.72. The van der Waals surface area contributed by atoms with Crippen LogP contribution >= 0.6 is 0 Å². The van der Waals surface area contributed by atoms with Gasteiger partial charge in [-0.1, -0.05) is 12.1 Å². The quantitative estimate of drug-likeness (QED) is 0.759. The standard InChI is InChI=1S/C14H15N3O3/c15-9-5-6-16(7-9)12(18)8-17-13(19)10-3-1-2-4-11(10)14(17)20/h1-4,9H,5-8,15H2/t9-/m1/s1. The number of rotatable bonds is 2. The van der Waals surface area contributed by atoms with Crippen LogP contribution in [0.3, 0.4) is 0 Å². The molecule has 2 N–H and O–H groups in total. The highest BCUT2D eigenvalue weighted by Gasteiger charge is 2.37. The monoisotopic (exact) mass is 273 g/mol. The van der Waals surface area contributed by atoms with Gasteiger partial charge in [0, 0.05) is 19.1 Å². The van der Waals surface area contributed by atoms with Gasteiger partial charge in [0.15, 0.2) is 0 Å². The molecule has 3 amide bonds. The van der Waals surface area contributed by atoms with Crippen LogP contribution in [0.1, 0.15) is 27.1 Å². The predicted molar refractivity (Wildman–Crippen MR) is 71.0 cm³/mol. The van der Waals surface area contributed by atoms with Crippen molar-refractivity contribution in [2.75, 3.05) is 19.6 Å². The lowest BCUT2D eigenvalue weighted by Crippen LogP contribution is -2.42. The Bertz CT molecular complexity index is 564. The highest BCUT2D eigenvalue weighted by Crippen LogP contribution is 2.22. The molecular formula is C14H15N3O3. The Morgan fingerprint density at radius 3 is 2.30 bits per heavy atom. The molecule has 0 saturated carbocycles. The van der Waals surface area contributed by atoms with Crippen molar-refractivity contribution in [1.82, 2.24) is 9.80 Å². The van der Waals surface area contributed by atoms with Gasteiger partial charge in [0.25, 0.3) is 11.8 Å². The Hall–Kier alpha value is -2.21. The van der Waals surface area contributed by atoms with E-state index in [0.717, 1.165) is 11.3 Å². The summed E-state index contributed by atoms with van der Waals surface area (Å²) in [7, 11) is 0. The number of fused-ring (bicyclic) bond motifs is 1. The van der Waals surface area contributed by atoms with Crippen LogP contribution in [0.15, 0.2) is 24.3 Å². The van der Waals surface area contributed by atoms with Gasteiger partial charge in [0.2, 0.25) is 5.91 Å². The largest absolute Gasteiger partial charge is 0.340 e. The Kier molecular flexibility index (Phi) is 3.02. The summed E-state index contributed by atoms with van der Waals surface area (Å²) >= 11 is 0. The molecule has 1 aromatic rings. The minimum atomic E-state index is -0.401. The molecule has 1 aromatic carbocycles. The van der Waals surface area contributed by atoms with Gasteiger partial charge in [0.05, 0.1) is 11.1 Å². The van der Waals surface area contributed by atoms with Crippen LogP contribution in [0.5, 0.6) is 0 Å². The Balaban J connectivity index is 1.75. The normalized spacial score (nSPS) is 21.6. The number of nitrogens with two attached hydrogens (primary N) is 1. The van der Waals surface area contributed by atoms with Gasteiger partial charge in [-0.2, -0.15) is 0 Å². The van der Waals surface area contributed by atoms with Crippen LogP contribution in [0.4, 0.5) is 0 Å². The number of carbonyl (C=O) groups is 3. The van der Waals surface area contributed by atoms with Gasteiger partial charge in [-0.25, -0.2) is 0 Å². The average molecular weight is 273 g/mol. The summed E-state index contributed by atoms with van der Waals surface area (Å²) in [5.41, 5.74) is 6.48. The van der Waals surface area contributed by atoms with Crippen molar-refractivity contribution in [3.63, 3.8) is 0 Å². The number of hydrogen-bond donors (Lipinski definition) is 1. The van der Waals surface area contributed by atoms with E-state index < -0.39 is 11.8 Å². The van der Waals surface area contributed by atoms with Crippen LogP contribution in [-0.2, 0) is 4.79 Å². The molecule has 0 aromatic heterocycles. The van der Waals surface area contributed by atoms with Crippen LogP contribution in [0, 0.1) is 0 Å². The Labute approximate surface area is 116 Å². The maximum atomic E-state index is 12.1. The van der Waals surface area contributed by atoms with E-state index >= 15 is 0 Å². The van der Waals surface area contributed by atoms with Crippen molar-refractivity contribution >= 4 is 17.7 Å². The number of hydrogen-bond acceptors (Lipinski definition) is 4. The van der Waals surface area contributed by atoms with Gasteiger partial charge in [0.1, 0.15) is 6.54 Å². The van der Waals surface area contributed by atoms with Crippen LogP contribution in [0.25, 0.3) is 0 Å². The molecule has 6 nitrogen and oxygen atoms in total. The minimum absolute atomic E-state index is 0.0128. The summed E-state index contributed by atoms with van der Waals surface area (Å²) in [6.45, 7) is 0.865. The molecule has 0 spiro atoms. The smallest absolute Gasteiger partial charge is 0.262 e. The van der Waals surface area contributed by atoms with Gasteiger partial charge in [-0.05, 0) is 18.6 Å². The van der Waals surface area contributed by atoms with Crippen LogP contribution in [0.2, 0.25) is 0 Å². The Morgan fingerprint density at radius 2 is 1.80 bits per heavy atom. The Morgan fingerprint density at radius 1 is 1.20 bits per heavy atom. The molecular weight excluding hydrogens is 258 g/mol. The lowest BCUT2D eigenvalue weighted by molar-refractivity contribution is -0.130. The van der Waals surface area contributed by atoms with Crippen molar-refractivity contribution in [1.29, 1.82) is 0 Å². The van der Waals surface area contributed by atoms with E-state index in [9.17, 15) is 14.4 Å². The molecule has 6 heteroatoms. The first kappa shape index (κ1) is 12.8. The zero-order valence-corrected chi connectivity index (χ0v) is 10.9. The zero-order chi connectivity index (χ0) is 14.3. The molecule has 0 aliphatic carbocycles. The maximum absolute atomic E-state index is 12.1. The van der Waals surface area contributed by atoms with Gasteiger partial charge in [-0.15, -0.1) is 0 Å². The number of imide groups is 1. The predicted octanol–water partition coefficient (Wildman–Crippen LogP) is -0.158. The third kappa shape index (κ3) is 1.98. The first-order valence-corrected chi connectivity index (χ1v) is 6.56. The van der Waals surface area contributed by atoms with E-state index in [1.54, 1.807) is 29.2 Å². The van der Waals surface area contributed by atoms with Gasteiger partial charge < -0.3 is 10.6 Å². The second-order valence-corrected chi connectivity index (χ2v) is 5.13. The van der Waals surface area contributed by atoms with Gasteiger partial charge >= 0.3 is 0 Å². The first-order valence-electron chi connectivity index (χ1n) is 6.56. The molecule has 2 aliphatic heterocycles. The molecule has 1 fully saturated rings. The van der Waals surface area contributed by atoms with Crippen molar-refractivity contribution in [2.24, 2.45) is 5.73 Å². The fourth-order valence-corrected chi connectivity index (χ4v) is 2.63. The van der Waals surface area contributed by atoms with Crippen molar-refractivity contribution < 1.29 is 14.4 Å². The summed E-state index contributed by atoms with van der Waals surface area (Å²) in [6.07, 6.45) is 0.758. The van der Waals surface area contributed by atoms with Gasteiger partial charge in [-0.3, -0.25) is 19.3 Å². The molecule has 2 aliphatic rings. The summed E-state index contributed by atoms with van der Waals surface area (Å²) in [5.74, 6) is -1.03. The van der Waals surface area contributed by atoms with E-state index in [2.05, 4.69) is 0 Å². The lowest BCUT2D eigenvalue weighted by atomic mass is 10.1. The molecule has 2 heterocycles. The summed E-state index contributed by atoms with van der Waals surface area (Å²) in [5, 5.41) is 0. The average Bonchev–Trinajstić information content (AvgIpc) is 2.98. The number of benzene rings is 1. The SMILES string of the molecule is N[C@@H]1CCN(C(=O)CN2C(=O)c3ccccc3C2=O)C1. The van der Waals surface area contributed by atoms with E-state index in [1.165, 1.54) is 0 Å². The zero-order valence-electron chi connectivity index (χ0n) is 10.9. The highest BCUT2D eigenvalue weighted by molar-refractivity contribution is 6.22. The van der Waals surface area contributed by atoms with Crippen LogP contribution in [-0.4, -0.2) is 53.2 Å². The molecule has 1 atom stereocenters. The topological polar surface area (TPSA) is 83.7 Å². The second-order valence-electron chi connectivity index (χ2n) is 5.13. The fourth-order valence-electron chi connectivity index (χ4n) is 2.63. The molecule has 3 rings (SSSR count). The lowest BCUT2D eigenvalue weighted by Gasteiger charge is -2.19. The van der Waals surface area contributed by atoms with E-state index in [0.29, 0.717) is 24.2 Å².